The van der Waals surface area contributed by atoms with E-state index in [9.17, 15) is 5.11 Å². The Hall–Kier alpha value is -3.17. The zero-order valence-corrected chi connectivity index (χ0v) is 21.0. The molecular formula is C26H35N9O. The monoisotopic (exact) mass is 489 g/mol. The maximum Gasteiger partial charge on any atom is 0.138 e. The van der Waals surface area contributed by atoms with Gasteiger partial charge in [0.15, 0.2) is 0 Å². The Kier molecular flexibility index (Phi) is 7.67. The number of hydrogen-bond acceptors (Lipinski definition) is 7. The summed E-state index contributed by atoms with van der Waals surface area (Å²) in [5.74, 6) is 1.08. The standard InChI is InChI=1S/C26H35N9O/c1-32(22-8-2-6-20-7-4-11-28-26(20)22)18-21-23(19-36)35-24(30-21)9-3-10-25(35)34-16-14-33(15-17-34)13-5-12-29-31-27/h3-4,7,9-11,22,36H,2,5-6,8,12-19H2,1H3/t22-/m0/s1. The maximum atomic E-state index is 10.4. The van der Waals surface area contributed by atoms with Gasteiger partial charge in [0.1, 0.15) is 11.5 Å². The van der Waals surface area contributed by atoms with E-state index in [1.807, 2.05) is 18.3 Å². The van der Waals surface area contributed by atoms with Gasteiger partial charge in [-0.05, 0) is 68.6 Å². The lowest BCUT2D eigenvalue weighted by molar-refractivity contribution is 0.203. The number of aliphatic hydroxyl groups is 1. The molecular weight excluding hydrogens is 454 g/mol. The van der Waals surface area contributed by atoms with Gasteiger partial charge in [0.2, 0.25) is 0 Å². The first-order chi connectivity index (χ1) is 17.7. The summed E-state index contributed by atoms with van der Waals surface area (Å²) in [7, 11) is 2.14. The molecule has 0 bridgehead atoms. The highest BCUT2D eigenvalue weighted by Crippen LogP contribution is 2.33. The van der Waals surface area contributed by atoms with E-state index >= 15 is 0 Å². The van der Waals surface area contributed by atoms with Crippen molar-refractivity contribution in [3.8, 4) is 0 Å². The molecule has 1 saturated heterocycles. The molecule has 3 aromatic rings. The Morgan fingerprint density at radius 1 is 1.19 bits per heavy atom. The smallest absolute Gasteiger partial charge is 0.138 e. The summed E-state index contributed by atoms with van der Waals surface area (Å²) in [5, 5.41) is 14.1. The van der Waals surface area contributed by atoms with E-state index in [2.05, 4.69) is 54.4 Å². The SMILES string of the molecule is CN(Cc1nc2cccc(N3CCN(CCCN=[N+]=[N-])CC3)n2c1CO)[C@H]1CCCc2cccnc21. The number of nitrogens with zero attached hydrogens (tertiary/aromatic N) is 9. The zero-order chi connectivity index (χ0) is 24.9. The van der Waals surface area contributed by atoms with Crippen LogP contribution in [0.15, 0.2) is 41.6 Å². The van der Waals surface area contributed by atoms with Crippen LogP contribution in [-0.2, 0) is 19.6 Å². The predicted molar refractivity (Wildman–Crippen MR) is 140 cm³/mol. The number of pyridine rings is 2. The molecule has 0 aromatic carbocycles. The van der Waals surface area contributed by atoms with Crippen molar-refractivity contribution in [3.05, 3.63) is 69.6 Å². The van der Waals surface area contributed by atoms with Crippen LogP contribution in [-0.4, -0.2) is 75.6 Å². The summed E-state index contributed by atoms with van der Waals surface area (Å²) in [5.41, 5.74) is 13.6. The summed E-state index contributed by atoms with van der Waals surface area (Å²) in [4.78, 5) is 19.6. The number of azide groups is 1. The van der Waals surface area contributed by atoms with Crippen LogP contribution in [0.4, 0.5) is 5.82 Å². The third-order valence-electron chi connectivity index (χ3n) is 7.54. The summed E-state index contributed by atoms with van der Waals surface area (Å²) < 4.78 is 2.13. The molecule has 0 saturated carbocycles. The van der Waals surface area contributed by atoms with Crippen LogP contribution >= 0.6 is 0 Å². The Labute approximate surface area is 211 Å². The van der Waals surface area contributed by atoms with Gasteiger partial charge in [0, 0.05) is 50.4 Å². The van der Waals surface area contributed by atoms with Crippen LogP contribution in [0, 0.1) is 0 Å². The second kappa shape index (κ2) is 11.3. The lowest BCUT2D eigenvalue weighted by atomic mass is 9.91. The Balaban J connectivity index is 1.34. The van der Waals surface area contributed by atoms with Gasteiger partial charge in [-0.1, -0.05) is 17.2 Å². The minimum absolute atomic E-state index is 0.0553. The lowest BCUT2D eigenvalue weighted by Crippen LogP contribution is -2.47. The van der Waals surface area contributed by atoms with Crippen molar-refractivity contribution in [3.63, 3.8) is 0 Å². The van der Waals surface area contributed by atoms with Crippen LogP contribution in [0.1, 0.15) is 47.9 Å². The van der Waals surface area contributed by atoms with Crippen LogP contribution in [0.5, 0.6) is 0 Å². The number of imidazole rings is 1. The number of fused-ring (bicyclic) bond motifs is 2. The molecule has 1 N–H and O–H groups in total. The minimum Gasteiger partial charge on any atom is -0.390 e. The topological polar surface area (TPSA) is 109 Å². The molecule has 0 unspecified atom stereocenters. The number of aliphatic hydroxyl groups excluding tert-OH is 1. The number of rotatable bonds is 9. The average Bonchev–Trinajstić information content (AvgIpc) is 3.28. The fourth-order valence-electron chi connectivity index (χ4n) is 5.69. The second-order valence-electron chi connectivity index (χ2n) is 9.75. The van der Waals surface area contributed by atoms with Gasteiger partial charge < -0.3 is 10.0 Å². The third-order valence-corrected chi connectivity index (χ3v) is 7.54. The van der Waals surface area contributed by atoms with Crippen molar-refractivity contribution in [2.45, 2.75) is 44.9 Å². The fraction of sp³-hybridized carbons (Fsp3) is 0.538. The van der Waals surface area contributed by atoms with Crippen LogP contribution in [0.25, 0.3) is 16.1 Å². The predicted octanol–water partition coefficient (Wildman–Crippen LogP) is 3.55. The van der Waals surface area contributed by atoms with E-state index in [-0.39, 0.29) is 12.6 Å². The van der Waals surface area contributed by atoms with Crippen LogP contribution in [0.2, 0.25) is 0 Å². The van der Waals surface area contributed by atoms with Crippen molar-refractivity contribution in [2.75, 3.05) is 51.2 Å². The first kappa shape index (κ1) is 24.5. The maximum absolute atomic E-state index is 10.4. The lowest BCUT2D eigenvalue weighted by Gasteiger charge is -2.36. The number of aromatic nitrogens is 3. The molecule has 2 aliphatic rings. The second-order valence-corrected chi connectivity index (χ2v) is 9.75. The molecule has 0 spiro atoms. The normalized spacial score (nSPS) is 18.4. The zero-order valence-electron chi connectivity index (χ0n) is 21.0. The van der Waals surface area contributed by atoms with E-state index in [1.165, 1.54) is 11.3 Å². The summed E-state index contributed by atoms with van der Waals surface area (Å²) in [6, 6.07) is 10.7. The Bertz CT molecular complexity index is 1230. The highest BCUT2D eigenvalue weighted by Gasteiger charge is 2.27. The molecule has 10 nitrogen and oxygen atoms in total. The molecule has 0 amide bonds. The average molecular weight is 490 g/mol. The van der Waals surface area contributed by atoms with Crippen LogP contribution < -0.4 is 4.90 Å². The van der Waals surface area contributed by atoms with Gasteiger partial charge in [-0.3, -0.25) is 19.2 Å². The molecule has 36 heavy (non-hydrogen) atoms. The molecule has 1 aliphatic heterocycles. The summed E-state index contributed by atoms with van der Waals surface area (Å²) >= 11 is 0. The Morgan fingerprint density at radius 3 is 2.86 bits per heavy atom. The molecule has 4 heterocycles. The minimum atomic E-state index is -0.0553. The summed E-state index contributed by atoms with van der Waals surface area (Å²) in [6.45, 7) is 5.83. The molecule has 3 aromatic heterocycles. The first-order valence-electron chi connectivity index (χ1n) is 12.9. The van der Waals surface area contributed by atoms with Gasteiger partial charge in [-0.25, -0.2) is 4.98 Å². The van der Waals surface area contributed by atoms with E-state index in [4.69, 9.17) is 15.5 Å². The van der Waals surface area contributed by atoms with Gasteiger partial charge in [0.05, 0.1) is 29.7 Å². The summed E-state index contributed by atoms with van der Waals surface area (Å²) in [6.07, 6.45) is 6.11. The van der Waals surface area contributed by atoms with Gasteiger partial charge in [-0.15, -0.1) is 0 Å². The van der Waals surface area contributed by atoms with Gasteiger partial charge in [0.25, 0.3) is 0 Å². The number of hydrogen-bond donors (Lipinski definition) is 1. The van der Waals surface area contributed by atoms with E-state index in [0.29, 0.717) is 13.1 Å². The number of anilines is 1. The molecule has 0 radical (unpaired) electrons. The largest absolute Gasteiger partial charge is 0.390 e. The van der Waals surface area contributed by atoms with Crippen molar-refractivity contribution in [2.24, 2.45) is 5.11 Å². The van der Waals surface area contributed by atoms with E-state index in [1.54, 1.807) is 0 Å². The highest BCUT2D eigenvalue weighted by molar-refractivity contribution is 5.55. The van der Waals surface area contributed by atoms with E-state index < -0.39 is 0 Å². The number of piperazine rings is 1. The van der Waals surface area contributed by atoms with Crippen LogP contribution in [0.3, 0.4) is 0 Å². The first-order valence-corrected chi connectivity index (χ1v) is 12.9. The molecule has 190 valence electrons. The quantitative estimate of drug-likeness (QED) is 0.213. The van der Waals surface area contributed by atoms with Crippen molar-refractivity contribution in [1.29, 1.82) is 0 Å². The molecule has 1 atom stereocenters. The van der Waals surface area contributed by atoms with Gasteiger partial charge in [-0.2, -0.15) is 0 Å². The molecule has 10 heteroatoms. The molecule has 5 rings (SSSR count). The number of aryl methyl sites for hydroxylation is 1. The third kappa shape index (κ3) is 5.03. The van der Waals surface area contributed by atoms with Gasteiger partial charge >= 0.3 is 0 Å². The van der Waals surface area contributed by atoms with Crippen molar-refractivity contribution in [1.82, 2.24) is 24.2 Å². The van der Waals surface area contributed by atoms with E-state index in [0.717, 1.165) is 81.3 Å². The Morgan fingerprint density at radius 2 is 2.06 bits per heavy atom. The van der Waals surface area contributed by atoms with Crippen molar-refractivity contribution < 1.29 is 5.11 Å². The van der Waals surface area contributed by atoms with Crippen molar-refractivity contribution >= 4 is 11.5 Å². The molecule has 1 fully saturated rings. The highest BCUT2D eigenvalue weighted by atomic mass is 16.3. The molecule has 1 aliphatic carbocycles. The fourth-order valence-corrected chi connectivity index (χ4v) is 5.69.